The molecule has 19 heteroatoms. The minimum Gasteiger partial charge on any atom is -0.313 e. The third-order valence-corrected chi connectivity index (χ3v) is 5.13. The number of nitriles is 2. The van der Waals surface area contributed by atoms with Crippen LogP contribution < -0.4 is 10.9 Å². The van der Waals surface area contributed by atoms with Crippen molar-refractivity contribution in [1.82, 2.24) is 5.43 Å². The van der Waals surface area contributed by atoms with E-state index in [0.717, 1.165) is 11.3 Å². The molecule has 1 heterocycles. The highest BCUT2D eigenvalue weighted by Gasteiger charge is 2.33. The number of nitrogens with zero attached hydrogens (tertiary/aromatic N) is 7. The van der Waals surface area contributed by atoms with E-state index in [4.69, 9.17) is 10.5 Å². The van der Waals surface area contributed by atoms with Crippen molar-refractivity contribution in [1.29, 1.82) is 10.5 Å². The summed E-state index contributed by atoms with van der Waals surface area (Å²) in [6, 6.07) is 10.5. The number of rotatable bonds is 13. The van der Waals surface area contributed by atoms with Crippen LogP contribution in [0.2, 0.25) is 0 Å². The van der Waals surface area contributed by atoms with Crippen LogP contribution in [-0.4, -0.2) is 52.4 Å². The zero-order valence-electron chi connectivity index (χ0n) is 20.6. The highest BCUT2D eigenvalue weighted by Crippen LogP contribution is 2.24. The molecular formula is C20H23N9O10. The second-order valence-electron chi connectivity index (χ2n) is 7.86. The number of carbonyl (C=O) groups excluding carboxylic acids is 1. The Hall–Kier alpha value is -5.59. The topological polar surface area (TPSA) is 271 Å². The third-order valence-electron chi connectivity index (χ3n) is 5.13. The summed E-state index contributed by atoms with van der Waals surface area (Å²) in [5.74, 6) is -0.0289. The number of amides is 1. The van der Waals surface area contributed by atoms with Gasteiger partial charge in [0.05, 0.1) is 11.4 Å². The second kappa shape index (κ2) is 15.5. The molecule has 0 unspecified atom stereocenters. The first-order valence-electron chi connectivity index (χ1n) is 10.9. The Morgan fingerprint density at radius 3 is 1.95 bits per heavy atom. The molecule has 2 rings (SSSR count). The Balaban J connectivity index is 0.000000396. The monoisotopic (exact) mass is 549 g/mol. The largest absolute Gasteiger partial charge is 0.313 e. The van der Waals surface area contributed by atoms with E-state index in [9.17, 15) is 35.1 Å². The third kappa shape index (κ3) is 11.3. The quantitative estimate of drug-likeness (QED) is 0.200. The van der Waals surface area contributed by atoms with Gasteiger partial charge in [0.15, 0.2) is 0 Å². The molecule has 1 aliphatic heterocycles. The van der Waals surface area contributed by atoms with Crippen molar-refractivity contribution in [2.24, 2.45) is 21.5 Å². The summed E-state index contributed by atoms with van der Waals surface area (Å²) in [6.45, 7) is 1.62. The molecule has 208 valence electrons. The molecule has 39 heavy (non-hydrogen) atoms. The molecule has 0 spiro atoms. The summed E-state index contributed by atoms with van der Waals surface area (Å²) in [5, 5.41) is 51.8. The van der Waals surface area contributed by atoms with Crippen LogP contribution in [-0.2, 0) is 19.3 Å². The molecule has 19 nitrogen and oxygen atoms in total. The first-order chi connectivity index (χ1) is 18.4. The van der Waals surface area contributed by atoms with Crippen molar-refractivity contribution in [3.8, 4) is 12.1 Å². The lowest BCUT2D eigenvalue weighted by atomic mass is 9.88. The number of hydrogen-bond acceptors (Lipinski definition) is 15. The number of hydrogen-bond donors (Lipinski definition) is 2. The van der Waals surface area contributed by atoms with Crippen LogP contribution >= 0.6 is 0 Å². The lowest BCUT2D eigenvalue weighted by Crippen LogP contribution is -2.38. The molecule has 0 saturated carbocycles. The summed E-state index contributed by atoms with van der Waals surface area (Å²) in [5.41, 5.74) is 5.87. The summed E-state index contributed by atoms with van der Waals surface area (Å²) < 4.78 is 0. The van der Waals surface area contributed by atoms with Crippen molar-refractivity contribution >= 4 is 23.0 Å². The van der Waals surface area contributed by atoms with Crippen LogP contribution in [0.15, 0.2) is 34.5 Å². The molecule has 0 bridgehead atoms. The molecule has 0 saturated heterocycles. The molecule has 2 N–H and O–H groups in total. The van der Waals surface area contributed by atoms with E-state index in [1.807, 2.05) is 19.1 Å². The summed E-state index contributed by atoms with van der Waals surface area (Å²) in [6.07, 6.45) is 0.499. The van der Waals surface area contributed by atoms with Gasteiger partial charge in [0.2, 0.25) is 11.6 Å². The number of nitrogens with one attached hydrogen (secondary N) is 2. The molecule has 1 aromatic rings. The van der Waals surface area contributed by atoms with Crippen LogP contribution in [0, 0.1) is 64.3 Å². The van der Waals surface area contributed by atoms with Crippen LogP contribution in [0.3, 0.4) is 0 Å². The van der Waals surface area contributed by atoms with Crippen molar-refractivity contribution in [2.75, 3.05) is 25.2 Å². The predicted molar refractivity (Wildman–Crippen MR) is 129 cm³/mol. The molecule has 1 aliphatic rings. The SMILES string of the molecule is CCC(CO[N+](=O)[O-])(CO[N+](=O)[O-])CO[N+](=O)[O-].C[C@@H]1CC(=O)NN=C1c1ccc(NN=C(C#N)C#N)cc1. The average Bonchev–Trinajstić information content (AvgIpc) is 2.90. The predicted octanol–water partition coefficient (Wildman–Crippen LogP) is 1.37. The smallest absolute Gasteiger partial charge is 0.294 e. The zero-order valence-corrected chi connectivity index (χ0v) is 20.6. The average molecular weight is 549 g/mol. The maximum Gasteiger partial charge on any atom is 0.294 e. The first-order valence-corrected chi connectivity index (χ1v) is 10.9. The number of anilines is 1. The Labute approximate surface area is 219 Å². The standard InChI is InChI=1S/C14H12N6O.C6H11N3O9/c1-9-6-13(21)19-20-14(9)10-2-4-11(5-3-10)17-18-12(7-15)8-16;1-2-6(3-16-7(10)11,4-17-8(12)13)5-18-9(14)15/h2-5,9,17H,6H2,1H3,(H,19,21);2-5H2,1H3/t9-;/m1./s1. The molecule has 0 aliphatic carbocycles. The van der Waals surface area contributed by atoms with Crippen LogP contribution in [0.4, 0.5) is 5.69 Å². The van der Waals surface area contributed by atoms with Crippen molar-refractivity contribution in [2.45, 2.75) is 26.7 Å². The fourth-order valence-electron chi connectivity index (χ4n) is 2.91. The van der Waals surface area contributed by atoms with E-state index in [-0.39, 0.29) is 24.0 Å². The van der Waals surface area contributed by atoms with Gasteiger partial charge in [0, 0.05) is 17.8 Å². The van der Waals surface area contributed by atoms with Crippen LogP contribution in [0.25, 0.3) is 0 Å². The highest BCUT2D eigenvalue weighted by molar-refractivity contribution is 6.10. The van der Waals surface area contributed by atoms with Gasteiger partial charge in [-0.3, -0.25) is 10.2 Å². The lowest BCUT2D eigenvalue weighted by Gasteiger charge is -2.28. The van der Waals surface area contributed by atoms with Crippen LogP contribution in [0.1, 0.15) is 32.3 Å². The summed E-state index contributed by atoms with van der Waals surface area (Å²) in [4.78, 5) is 53.7. The molecule has 1 atom stereocenters. The van der Waals surface area contributed by atoms with Gasteiger partial charge in [-0.05, 0) is 24.1 Å². The summed E-state index contributed by atoms with van der Waals surface area (Å²) >= 11 is 0. The fourth-order valence-corrected chi connectivity index (χ4v) is 2.91. The number of hydrazone groups is 2. The van der Waals surface area contributed by atoms with Crippen molar-refractivity contribution in [3.63, 3.8) is 0 Å². The van der Waals surface area contributed by atoms with E-state index in [1.165, 1.54) is 6.92 Å². The number of carbonyl (C=O) groups is 1. The van der Waals surface area contributed by atoms with E-state index in [0.29, 0.717) is 12.1 Å². The molecular weight excluding hydrogens is 526 g/mol. The minimum atomic E-state index is -1.35. The van der Waals surface area contributed by atoms with E-state index < -0.39 is 40.5 Å². The molecule has 1 aromatic carbocycles. The van der Waals surface area contributed by atoms with E-state index >= 15 is 0 Å². The van der Waals surface area contributed by atoms with E-state index in [1.54, 1.807) is 24.3 Å². The molecule has 0 fully saturated rings. The molecule has 0 aromatic heterocycles. The highest BCUT2D eigenvalue weighted by atomic mass is 17.0. The van der Waals surface area contributed by atoms with Gasteiger partial charge in [-0.2, -0.15) is 20.7 Å². The Bertz CT molecular complexity index is 1130. The first kappa shape index (κ1) is 31.4. The van der Waals surface area contributed by atoms with Gasteiger partial charge < -0.3 is 14.5 Å². The van der Waals surface area contributed by atoms with E-state index in [2.05, 4.69) is 35.6 Å². The van der Waals surface area contributed by atoms with Gasteiger partial charge >= 0.3 is 0 Å². The van der Waals surface area contributed by atoms with Gasteiger partial charge in [-0.25, -0.2) is 5.43 Å². The minimum absolute atomic E-state index is 0.0550. The Morgan fingerprint density at radius 1 is 1.08 bits per heavy atom. The molecule has 1 amide bonds. The van der Waals surface area contributed by atoms with Crippen molar-refractivity contribution < 1.29 is 34.6 Å². The number of benzene rings is 1. The normalized spacial score (nSPS) is 13.9. The van der Waals surface area contributed by atoms with Gasteiger partial charge in [-0.1, -0.05) is 26.0 Å². The Morgan fingerprint density at radius 2 is 1.56 bits per heavy atom. The summed E-state index contributed by atoms with van der Waals surface area (Å²) in [7, 11) is 0. The van der Waals surface area contributed by atoms with Gasteiger partial charge in [0.1, 0.15) is 32.0 Å². The van der Waals surface area contributed by atoms with Gasteiger partial charge in [-0.15, -0.1) is 30.3 Å². The van der Waals surface area contributed by atoms with Crippen LogP contribution in [0.5, 0.6) is 0 Å². The zero-order chi connectivity index (χ0) is 29.4. The fraction of sp³-hybridized carbons (Fsp3) is 0.450. The maximum absolute atomic E-state index is 11.2. The Kier molecular flexibility index (Phi) is 12.5. The van der Waals surface area contributed by atoms with Gasteiger partial charge in [0.25, 0.3) is 15.3 Å². The molecule has 0 radical (unpaired) electrons. The van der Waals surface area contributed by atoms with Crippen molar-refractivity contribution in [3.05, 3.63) is 60.2 Å². The second-order valence-corrected chi connectivity index (χ2v) is 7.86. The lowest BCUT2D eigenvalue weighted by molar-refractivity contribution is -0.782. The maximum atomic E-state index is 11.2.